The van der Waals surface area contributed by atoms with Crippen LogP contribution < -0.4 is 20.5 Å². The summed E-state index contributed by atoms with van der Waals surface area (Å²) in [4.78, 5) is 20.5. The average Bonchev–Trinajstić information content (AvgIpc) is 2.83. The Bertz CT molecular complexity index is 777. The minimum atomic E-state index is -0.289. The summed E-state index contributed by atoms with van der Waals surface area (Å²) in [5, 5.41) is 2.85. The lowest BCUT2D eigenvalue weighted by Gasteiger charge is -2.11. The summed E-state index contributed by atoms with van der Waals surface area (Å²) >= 11 is 0. The lowest BCUT2D eigenvalue weighted by Crippen LogP contribution is -2.24. The molecule has 0 atom stereocenters. The molecule has 7 heteroatoms. The van der Waals surface area contributed by atoms with Gasteiger partial charge in [-0.25, -0.2) is 9.97 Å². The number of carbonyl (C=O) groups is 1. The number of hydrogen-bond acceptors (Lipinski definition) is 6. The van der Waals surface area contributed by atoms with Gasteiger partial charge in [0.05, 0.1) is 13.2 Å². The summed E-state index contributed by atoms with van der Waals surface area (Å²) < 4.78 is 11.3. The lowest BCUT2D eigenvalue weighted by atomic mass is 10.1. The lowest BCUT2D eigenvalue weighted by molar-refractivity contribution is 0.0945. The smallest absolute Gasteiger partial charge is 0.270 e. The molecule has 7 nitrogen and oxygen atoms in total. The quantitative estimate of drug-likeness (QED) is 0.884. The number of benzene rings is 1. The standard InChI is InChI=1S/C18H22N4O3/c1-11(2)13-9-14(22-18(19)21-13)17(23)20-10-12-4-5-15-16(8-12)25-7-3-6-24-15/h4-5,8-9,11H,3,6-7,10H2,1-2H3,(H,20,23)(H2,19,21,22). The molecule has 0 bridgehead atoms. The van der Waals surface area contributed by atoms with Crippen LogP contribution in [0.4, 0.5) is 5.95 Å². The van der Waals surface area contributed by atoms with Crippen molar-refractivity contribution in [1.29, 1.82) is 0 Å². The van der Waals surface area contributed by atoms with Crippen molar-refractivity contribution < 1.29 is 14.3 Å². The van der Waals surface area contributed by atoms with Crippen LogP contribution in [-0.4, -0.2) is 29.1 Å². The van der Waals surface area contributed by atoms with Crippen LogP contribution in [0, 0.1) is 0 Å². The Morgan fingerprint density at radius 2 is 1.96 bits per heavy atom. The van der Waals surface area contributed by atoms with Gasteiger partial charge in [0.1, 0.15) is 5.69 Å². The molecule has 3 N–H and O–H groups in total. The topological polar surface area (TPSA) is 99.4 Å². The summed E-state index contributed by atoms with van der Waals surface area (Å²) in [6.07, 6.45) is 0.855. The molecule has 0 spiro atoms. The average molecular weight is 342 g/mol. The maximum absolute atomic E-state index is 12.4. The predicted molar refractivity (Wildman–Crippen MR) is 93.8 cm³/mol. The molecule has 0 saturated heterocycles. The van der Waals surface area contributed by atoms with E-state index >= 15 is 0 Å². The van der Waals surface area contributed by atoms with Crippen molar-refractivity contribution in [3.8, 4) is 11.5 Å². The second-order valence-corrected chi connectivity index (χ2v) is 6.21. The number of aromatic nitrogens is 2. The van der Waals surface area contributed by atoms with Gasteiger partial charge in [-0.1, -0.05) is 19.9 Å². The largest absolute Gasteiger partial charge is 0.490 e. The van der Waals surface area contributed by atoms with E-state index in [1.807, 2.05) is 32.0 Å². The maximum atomic E-state index is 12.4. The Morgan fingerprint density at radius 1 is 1.20 bits per heavy atom. The number of nitrogens with two attached hydrogens (primary N) is 1. The Morgan fingerprint density at radius 3 is 2.72 bits per heavy atom. The molecule has 2 aromatic rings. The van der Waals surface area contributed by atoms with E-state index in [0.29, 0.717) is 25.5 Å². The number of amides is 1. The van der Waals surface area contributed by atoms with Crippen LogP contribution in [0.15, 0.2) is 24.3 Å². The van der Waals surface area contributed by atoms with Gasteiger partial charge in [-0.3, -0.25) is 4.79 Å². The van der Waals surface area contributed by atoms with Crippen LogP contribution in [0.2, 0.25) is 0 Å². The molecular formula is C18H22N4O3. The first-order chi connectivity index (χ1) is 12.0. The zero-order valence-corrected chi connectivity index (χ0v) is 14.4. The van der Waals surface area contributed by atoms with Crippen LogP contribution in [-0.2, 0) is 6.54 Å². The molecule has 3 rings (SSSR count). The first-order valence-electron chi connectivity index (χ1n) is 8.34. The van der Waals surface area contributed by atoms with E-state index in [0.717, 1.165) is 23.4 Å². The summed E-state index contributed by atoms with van der Waals surface area (Å²) in [5.74, 6) is 1.42. The molecule has 1 aromatic heterocycles. The van der Waals surface area contributed by atoms with E-state index in [9.17, 15) is 4.79 Å². The van der Waals surface area contributed by atoms with Crippen molar-refractivity contribution >= 4 is 11.9 Å². The van der Waals surface area contributed by atoms with Gasteiger partial charge in [0.2, 0.25) is 5.95 Å². The van der Waals surface area contributed by atoms with Crippen molar-refractivity contribution in [3.05, 3.63) is 41.2 Å². The number of hydrogen-bond donors (Lipinski definition) is 2. The normalized spacial score (nSPS) is 13.4. The Labute approximate surface area is 146 Å². The van der Waals surface area contributed by atoms with E-state index in [1.165, 1.54) is 0 Å². The molecule has 1 aliphatic heterocycles. The Balaban J connectivity index is 1.69. The van der Waals surface area contributed by atoms with Gasteiger partial charge in [-0.2, -0.15) is 0 Å². The van der Waals surface area contributed by atoms with E-state index in [-0.39, 0.29) is 23.5 Å². The number of nitrogens with zero attached hydrogens (tertiary/aromatic N) is 2. The van der Waals surface area contributed by atoms with E-state index in [1.54, 1.807) is 6.07 Å². The summed E-state index contributed by atoms with van der Waals surface area (Å²) in [6, 6.07) is 7.32. The molecule has 1 aliphatic rings. The fourth-order valence-electron chi connectivity index (χ4n) is 2.49. The molecule has 132 valence electrons. The molecule has 25 heavy (non-hydrogen) atoms. The first kappa shape index (κ1) is 17.0. The van der Waals surface area contributed by atoms with Crippen LogP contribution in [0.3, 0.4) is 0 Å². The summed E-state index contributed by atoms with van der Waals surface area (Å²) in [7, 11) is 0. The molecule has 0 radical (unpaired) electrons. The number of nitrogens with one attached hydrogen (secondary N) is 1. The zero-order chi connectivity index (χ0) is 17.8. The summed E-state index contributed by atoms with van der Waals surface area (Å²) in [5.41, 5.74) is 7.63. The number of rotatable bonds is 4. The van der Waals surface area contributed by atoms with Crippen LogP contribution in [0.5, 0.6) is 11.5 Å². The van der Waals surface area contributed by atoms with E-state index in [2.05, 4.69) is 15.3 Å². The highest BCUT2D eigenvalue weighted by atomic mass is 16.5. The highest BCUT2D eigenvalue weighted by Crippen LogP contribution is 2.30. The highest BCUT2D eigenvalue weighted by molar-refractivity contribution is 5.92. The third-order valence-corrected chi connectivity index (χ3v) is 3.85. The van der Waals surface area contributed by atoms with Gasteiger partial charge in [0.25, 0.3) is 5.91 Å². The molecule has 2 heterocycles. The Kier molecular flexibility index (Phi) is 5.02. The number of ether oxygens (including phenoxy) is 2. The number of carbonyl (C=O) groups excluding carboxylic acids is 1. The van der Waals surface area contributed by atoms with Crippen molar-refractivity contribution in [1.82, 2.24) is 15.3 Å². The first-order valence-corrected chi connectivity index (χ1v) is 8.34. The van der Waals surface area contributed by atoms with Gasteiger partial charge in [0, 0.05) is 18.7 Å². The van der Waals surface area contributed by atoms with Crippen molar-refractivity contribution in [3.63, 3.8) is 0 Å². The maximum Gasteiger partial charge on any atom is 0.270 e. The number of nitrogen functional groups attached to an aromatic ring is 1. The molecule has 1 amide bonds. The number of anilines is 1. The van der Waals surface area contributed by atoms with Crippen molar-refractivity contribution in [2.24, 2.45) is 0 Å². The molecule has 1 aromatic carbocycles. The minimum absolute atomic E-state index is 0.104. The second-order valence-electron chi connectivity index (χ2n) is 6.21. The second kappa shape index (κ2) is 7.38. The van der Waals surface area contributed by atoms with Gasteiger partial charge in [-0.15, -0.1) is 0 Å². The number of fused-ring (bicyclic) bond motifs is 1. The third kappa shape index (κ3) is 4.17. The summed E-state index contributed by atoms with van der Waals surface area (Å²) in [6.45, 7) is 5.61. The van der Waals surface area contributed by atoms with Crippen LogP contribution in [0.25, 0.3) is 0 Å². The molecular weight excluding hydrogens is 320 g/mol. The van der Waals surface area contributed by atoms with Crippen LogP contribution in [0.1, 0.15) is 47.9 Å². The van der Waals surface area contributed by atoms with Gasteiger partial charge >= 0.3 is 0 Å². The minimum Gasteiger partial charge on any atom is -0.490 e. The third-order valence-electron chi connectivity index (χ3n) is 3.85. The predicted octanol–water partition coefficient (Wildman–Crippen LogP) is 2.27. The van der Waals surface area contributed by atoms with Crippen molar-refractivity contribution in [2.45, 2.75) is 32.7 Å². The highest BCUT2D eigenvalue weighted by Gasteiger charge is 2.14. The zero-order valence-electron chi connectivity index (χ0n) is 14.4. The van der Waals surface area contributed by atoms with Crippen LogP contribution >= 0.6 is 0 Å². The van der Waals surface area contributed by atoms with E-state index < -0.39 is 0 Å². The SMILES string of the molecule is CC(C)c1cc(C(=O)NCc2ccc3c(c2)OCCCO3)nc(N)n1. The van der Waals surface area contributed by atoms with E-state index in [4.69, 9.17) is 15.2 Å². The van der Waals surface area contributed by atoms with Gasteiger partial charge in [-0.05, 0) is 29.7 Å². The molecule has 0 aliphatic carbocycles. The fraction of sp³-hybridized carbons (Fsp3) is 0.389. The van der Waals surface area contributed by atoms with Gasteiger partial charge in [0.15, 0.2) is 11.5 Å². The van der Waals surface area contributed by atoms with Gasteiger partial charge < -0.3 is 20.5 Å². The molecule has 0 saturated carbocycles. The fourth-order valence-corrected chi connectivity index (χ4v) is 2.49. The molecule has 0 fully saturated rings. The monoisotopic (exact) mass is 342 g/mol. The Hall–Kier alpha value is -2.83. The van der Waals surface area contributed by atoms with Crippen molar-refractivity contribution in [2.75, 3.05) is 18.9 Å². The molecule has 0 unspecified atom stereocenters.